The van der Waals surface area contributed by atoms with Gasteiger partial charge in [0.15, 0.2) is 6.61 Å². The number of ether oxygens (including phenoxy) is 2. The molecule has 0 atom stereocenters. The van der Waals surface area contributed by atoms with E-state index in [9.17, 15) is 9.59 Å². The van der Waals surface area contributed by atoms with E-state index in [4.69, 9.17) is 15.2 Å². The van der Waals surface area contributed by atoms with E-state index < -0.39 is 5.91 Å². The van der Waals surface area contributed by atoms with Crippen molar-refractivity contribution >= 4 is 17.5 Å². The van der Waals surface area contributed by atoms with Gasteiger partial charge >= 0.3 is 0 Å². The van der Waals surface area contributed by atoms with E-state index in [-0.39, 0.29) is 18.1 Å². The standard InChI is InChI=1S/C21H25N3O4/c1-15-3-8-18(21(22)26)19(13-15)28-14-20(25)24-11-9-23(10-12-24)16-4-6-17(27-2)7-5-16/h3-8,13H,9-12,14H2,1-2H3,(H2,22,26). The molecule has 2 amide bonds. The minimum atomic E-state index is -0.574. The van der Waals surface area contributed by atoms with Crippen LogP contribution in [0.2, 0.25) is 0 Å². The van der Waals surface area contributed by atoms with Crippen molar-refractivity contribution in [2.75, 3.05) is 44.8 Å². The van der Waals surface area contributed by atoms with Gasteiger partial charge in [-0.2, -0.15) is 0 Å². The molecular formula is C21H25N3O4. The number of primary amides is 1. The molecule has 1 aliphatic heterocycles. The smallest absolute Gasteiger partial charge is 0.260 e. The highest BCUT2D eigenvalue weighted by Crippen LogP contribution is 2.22. The fourth-order valence-corrected chi connectivity index (χ4v) is 3.19. The Morgan fingerprint density at radius 3 is 2.32 bits per heavy atom. The number of nitrogens with zero attached hydrogens (tertiary/aromatic N) is 2. The lowest BCUT2D eigenvalue weighted by atomic mass is 10.1. The highest BCUT2D eigenvalue weighted by molar-refractivity contribution is 5.95. The topological polar surface area (TPSA) is 85.1 Å². The quantitative estimate of drug-likeness (QED) is 0.823. The van der Waals surface area contributed by atoms with E-state index in [1.165, 1.54) is 0 Å². The van der Waals surface area contributed by atoms with Crippen LogP contribution in [0.1, 0.15) is 15.9 Å². The Balaban J connectivity index is 1.54. The molecule has 0 bridgehead atoms. The zero-order valence-corrected chi connectivity index (χ0v) is 16.2. The molecule has 1 fully saturated rings. The van der Waals surface area contributed by atoms with Crippen LogP contribution in [-0.4, -0.2) is 56.6 Å². The van der Waals surface area contributed by atoms with Gasteiger partial charge < -0.3 is 25.0 Å². The number of methoxy groups -OCH3 is 1. The lowest BCUT2D eigenvalue weighted by molar-refractivity contribution is -0.133. The lowest BCUT2D eigenvalue weighted by Crippen LogP contribution is -2.50. The van der Waals surface area contributed by atoms with Gasteiger partial charge in [0.2, 0.25) is 0 Å². The summed E-state index contributed by atoms with van der Waals surface area (Å²) in [5.74, 6) is 0.487. The monoisotopic (exact) mass is 383 g/mol. The minimum Gasteiger partial charge on any atom is -0.497 e. The molecule has 0 spiro atoms. The third-order valence-electron chi connectivity index (χ3n) is 4.82. The first kappa shape index (κ1) is 19.5. The van der Waals surface area contributed by atoms with Crippen LogP contribution in [0, 0.1) is 6.92 Å². The summed E-state index contributed by atoms with van der Waals surface area (Å²) in [6, 6.07) is 13.0. The van der Waals surface area contributed by atoms with Gasteiger partial charge in [0.1, 0.15) is 11.5 Å². The first-order valence-electron chi connectivity index (χ1n) is 9.18. The van der Waals surface area contributed by atoms with Crippen molar-refractivity contribution in [3.05, 3.63) is 53.6 Å². The Bertz CT molecular complexity index is 843. The molecule has 2 aromatic rings. The van der Waals surface area contributed by atoms with Crippen molar-refractivity contribution < 1.29 is 19.1 Å². The van der Waals surface area contributed by atoms with Gasteiger partial charge in [-0.05, 0) is 48.9 Å². The number of rotatable bonds is 6. The maximum atomic E-state index is 12.5. The number of hydrogen-bond acceptors (Lipinski definition) is 5. The molecule has 0 unspecified atom stereocenters. The number of carbonyl (C=O) groups excluding carboxylic acids is 2. The van der Waals surface area contributed by atoms with Gasteiger partial charge in [-0.3, -0.25) is 9.59 Å². The van der Waals surface area contributed by atoms with E-state index in [1.807, 2.05) is 31.2 Å². The number of carbonyl (C=O) groups is 2. The first-order chi connectivity index (χ1) is 13.5. The molecule has 0 radical (unpaired) electrons. The van der Waals surface area contributed by atoms with Crippen LogP contribution in [-0.2, 0) is 4.79 Å². The SMILES string of the molecule is COc1ccc(N2CCN(C(=O)COc3cc(C)ccc3C(N)=O)CC2)cc1. The Morgan fingerprint density at radius 1 is 1.04 bits per heavy atom. The van der Waals surface area contributed by atoms with Crippen LogP contribution in [0.5, 0.6) is 11.5 Å². The normalized spacial score (nSPS) is 13.9. The zero-order valence-electron chi connectivity index (χ0n) is 16.2. The summed E-state index contributed by atoms with van der Waals surface area (Å²) in [4.78, 5) is 28.0. The molecule has 0 aliphatic carbocycles. The molecular weight excluding hydrogens is 358 g/mol. The largest absolute Gasteiger partial charge is 0.497 e. The number of aryl methyl sites for hydroxylation is 1. The molecule has 2 aromatic carbocycles. The van der Waals surface area contributed by atoms with Gasteiger partial charge in [0.05, 0.1) is 12.7 Å². The Hall–Kier alpha value is -3.22. The summed E-state index contributed by atoms with van der Waals surface area (Å²) in [7, 11) is 1.64. The maximum absolute atomic E-state index is 12.5. The van der Waals surface area contributed by atoms with Gasteiger partial charge in [-0.25, -0.2) is 0 Å². The average molecular weight is 383 g/mol. The summed E-state index contributed by atoms with van der Waals surface area (Å²) in [6.45, 7) is 4.49. The second-order valence-corrected chi connectivity index (χ2v) is 6.72. The van der Waals surface area contributed by atoms with Crippen molar-refractivity contribution in [3.8, 4) is 11.5 Å². The van der Waals surface area contributed by atoms with Gasteiger partial charge in [-0.1, -0.05) is 6.07 Å². The molecule has 28 heavy (non-hydrogen) atoms. The summed E-state index contributed by atoms with van der Waals surface area (Å²) < 4.78 is 10.8. The van der Waals surface area contributed by atoms with Crippen molar-refractivity contribution in [1.82, 2.24) is 4.90 Å². The van der Waals surface area contributed by atoms with Gasteiger partial charge in [-0.15, -0.1) is 0 Å². The van der Waals surface area contributed by atoms with Crippen molar-refractivity contribution in [3.63, 3.8) is 0 Å². The molecule has 1 heterocycles. The predicted molar refractivity (Wildman–Crippen MR) is 107 cm³/mol. The fourth-order valence-electron chi connectivity index (χ4n) is 3.19. The van der Waals surface area contributed by atoms with Crippen molar-refractivity contribution in [2.45, 2.75) is 6.92 Å². The third-order valence-corrected chi connectivity index (χ3v) is 4.82. The molecule has 0 saturated carbocycles. The van der Waals surface area contributed by atoms with Crippen LogP contribution in [0.3, 0.4) is 0 Å². The average Bonchev–Trinajstić information content (AvgIpc) is 2.72. The third kappa shape index (κ3) is 4.54. The number of amides is 2. The summed E-state index contributed by atoms with van der Waals surface area (Å²) >= 11 is 0. The second kappa shape index (κ2) is 8.65. The maximum Gasteiger partial charge on any atom is 0.260 e. The molecule has 0 aromatic heterocycles. The summed E-state index contributed by atoms with van der Waals surface area (Å²) in [5.41, 5.74) is 7.69. The van der Waals surface area contributed by atoms with Crippen LogP contribution in [0.25, 0.3) is 0 Å². The Labute approximate surface area is 164 Å². The molecule has 1 saturated heterocycles. The van der Waals surface area contributed by atoms with E-state index >= 15 is 0 Å². The second-order valence-electron chi connectivity index (χ2n) is 6.72. The van der Waals surface area contributed by atoms with Crippen LogP contribution >= 0.6 is 0 Å². The zero-order chi connectivity index (χ0) is 20.1. The van der Waals surface area contributed by atoms with E-state index in [0.717, 1.165) is 30.1 Å². The molecule has 7 nitrogen and oxygen atoms in total. The van der Waals surface area contributed by atoms with E-state index in [2.05, 4.69) is 4.90 Å². The molecule has 2 N–H and O–H groups in total. The van der Waals surface area contributed by atoms with Crippen LogP contribution in [0.4, 0.5) is 5.69 Å². The fraction of sp³-hybridized carbons (Fsp3) is 0.333. The first-order valence-corrected chi connectivity index (χ1v) is 9.18. The number of nitrogens with two attached hydrogens (primary N) is 1. The van der Waals surface area contributed by atoms with Crippen LogP contribution in [0.15, 0.2) is 42.5 Å². The van der Waals surface area contributed by atoms with Crippen molar-refractivity contribution in [1.29, 1.82) is 0 Å². The lowest BCUT2D eigenvalue weighted by Gasteiger charge is -2.36. The molecule has 7 heteroatoms. The summed E-state index contributed by atoms with van der Waals surface area (Å²) in [5, 5.41) is 0. The van der Waals surface area contributed by atoms with E-state index in [0.29, 0.717) is 18.8 Å². The molecule has 1 aliphatic rings. The van der Waals surface area contributed by atoms with Gasteiger partial charge in [0, 0.05) is 31.9 Å². The summed E-state index contributed by atoms with van der Waals surface area (Å²) in [6.07, 6.45) is 0. The number of benzene rings is 2. The Kier molecular flexibility index (Phi) is 6.03. The predicted octanol–water partition coefficient (Wildman–Crippen LogP) is 1.83. The van der Waals surface area contributed by atoms with E-state index in [1.54, 1.807) is 30.2 Å². The van der Waals surface area contributed by atoms with Gasteiger partial charge in [0.25, 0.3) is 11.8 Å². The van der Waals surface area contributed by atoms with Crippen molar-refractivity contribution in [2.24, 2.45) is 5.73 Å². The number of piperazine rings is 1. The molecule has 3 rings (SSSR count). The van der Waals surface area contributed by atoms with Crippen LogP contribution < -0.4 is 20.1 Å². The highest BCUT2D eigenvalue weighted by Gasteiger charge is 2.22. The minimum absolute atomic E-state index is 0.105. The number of anilines is 1. The molecule has 148 valence electrons. The highest BCUT2D eigenvalue weighted by atomic mass is 16.5. The number of hydrogen-bond donors (Lipinski definition) is 1. The Morgan fingerprint density at radius 2 is 1.71 bits per heavy atom.